The second kappa shape index (κ2) is 10.1. The average Bonchev–Trinajstić information content (AvgIpc) is 2.63. The molecule has 0 aromatic heterocycles. The van der Waals surface area contributed by atoms with Crippen LogP contribution in [-0.2, 0) is 9.59 Å². The molecule has 0 heterocycles. The number of carbonyl (C=O) groups is 2. The summed E-state index contributed by atoms with van der Waals surface area (Å²) in [4.78, 5) is 24.3. The Kier molecular flexibility index (Phi) is 7.81. The zero-order valence-electron chi connectivity index (χ0n) is 14.6. The molecule has 0 aliphatic carbocycles. The van der Waals surface area contributed by atoms with Crippen LogP contribution < -0.4 is 15.4 Å². The number of benzene rings is 2. The largest absolute Gasteiger partial charge is 0.492 e. The zero-order chi connectivity index (χ0) is 18.9. The molecule has 0 radical (unpaired) electrons. The topological polar surface area (TPSA) is 67.4 Å². The van der Waals surface area contributed by atoms with Crippen molar-refractivity contribution in [1.29, 1.82) is 0 Å². The third kappa shape index (κ3) is 6.28. The first kappa shape index (κ1) is 20.1. The van der Waals surface area contributed by atoms with Crippen LogP contribution in [0.15, 0.2) is 48.5 Å². The van der Waals surface area contributed by atoms with E-state index in [9.17, 15) is 9.59 Å². The summed E-state index contributed by atoms with van der Waals surface area (Å²) in [7, 11) is 0. The zero-order valence-corrected chi connectivity index (χ0v) is 16.2. The van der Waals surface area contributed by atoms with E-state index in [1.807, 2.05) is 19.1 Å². The Labute approximate surface area is 162 Å². The van der Waals surface area contributed by atoms with E-state index < -0.39 is 0 Å². The fourth-order valence-corrected chi connectivity index (χ4v) is 2.90. The predicted molar refractivity (Wildman–Crippen MR) is 108 cm³/mol. The number of ether oxygens (including phenoxy) is 1. The van der Waals surface area contributed by atoms with E-state index in [1.54, 1.807) is 43.3 Å². The van der Waals surface area contributed by atoms with Gasteiger partial charge in [0.25, 0.3) is 0 Å². The molecular weight excluding hydrogens is 372 g/mol. The average molecular weight is 393 g/mol. The van der Waals surface area contributed by atoms with Crippen LogP contribution in [0.5, 0.6) is 5.75 Å². The Morgan fingerprint density at radius 3 is 2.50 bits per heavy atom. The number of anilines is 2. The van der Waals surface area contributed by atoms with Crippen molar-refractivity contribution in [2.24, 2.45) is 0 Å². The monoisotopic (exact) mass is 392 g/mol. The van der Waals surface area contributed by atoms with Crippen LogP contribution in [0, 0.1) is 0 Å². The van der Waals surface area contributed by atoms with E-state index >= 15 is 0 Å². The highest BCUT2D eigenvalue weighted by Gasteiger charge is 2.16. The van der Waals surface area contributed by atoms with Gasteiger partial charge in [-0.1, -0.05) is 23.7 Å². The van der Waals surface area contributed by atoms with Gasteiger partial charge in [-0.2, -0.15) is 0 Å². The maximum Gasteiger partial charge on any atom is 0.237 e. The van der Waals surface area contributed by atoms with Crippen LogP contribution >= 0.6 is 23.4 Å². The lowest BCUT2D eigenvalue weighted by atomic mass is 10.3. The lowest BCUT2D eigenvalue weighted by Gasteiger charge is -2.13. The summed E-state index contributed by atoms with van der Waals surface area (Å²) in [5.41, 5.74) is 1.29. The molecule has 0 saturated carbocycles. The van der Waals surface area contributed by atoms with Crippen molar-refractivity contribution >= 4 is 46.6 Å². The molecule has 1 atom stereocenters. The van der Waals surface area contributed by atoms with E-state index in [4.69, 9.17) is 16.3 Å². The minimum Gasteiger partial charge on any atom is -0.492 e. The molecule has 0 saturated heterocycles. The number of carbonyl (C=O) groups excluding carboxylic acids is 2. The third-order valence-corrected chi connectivity index (χ3v) is 4.80. The van der Waals surface area contributed by atoms with Gasteiger partial charge in [-0.3, -0.25) is 9.59 Å². The first-order valence-corrected chi connectivity index (χ1v) is 9.62. The molecule has 0 aliphatic heterocycles. The van der Waals surface area contributed by atoms with Crippen LogP contribution in [0.25, 0.3) is 0 Å². The molecule has 5 nitrogen and oxygen atoms in total. The molecule has 2 aromatic carbocycles. The number of hydrogen-bond acceptors (Lipinski definition) is 4. The van der Waals surface area contributed by atoms with Crippen LogP contribution in [0.4, 0.5) is 11.4 Å². The number of thioether (sulfide) groups is 1. The smallest absolute Gasteiger partial charge is 0.237 e. The summed E-state index contributed by atoms with van der Waals surface area (Å²) in [5.74, 6) is 0.436. The molecule has 0 bridgehead atoms. The van der Waals surface area contributed by atoms with Crippen LogP contribution in [0.1, 0.15) is 13.8 Å². The van der Waals surface area contributed by atoms with Gasteiger partial charge in [-0.05, 0) is 50.2 Å². The van der Waals surface area contributed by atoms with Gasteiger partial charge in [0.2, 0.25) is 11.8 Å². The van der Waals surface area contributed by atoms with Gasteiger partial charge in [0.05, 0.1) is 23.3 Å². The van der Waals surface area contributed by atoms with E-state index in [0.717, 1.165) is 0 Å². The molecule has 0 fully saturated rings. The molecule has 7 heteroatoms. The SMILES string of the molecule is CCOc1ccccc1NC(=O)CSC(C)C(=O)Nc1ccc(Cl)cc1. The summed E-state index contributed by atoms with van der Waals surface area (Å²) in [6.07, 6.45) is 0. The van der Waals surface area contributed by atoms with Crippen molar-refractivity contribution < 1.29 is 14.3 Å². The van der Waals surface area contributed by atoms with Crippen molar-refractivity contribution in [3.8, 4) is 5.75 Å². The minimum absolute atomic E-state index is 0.162. The van der Waals surface area contributed by atoms with E-state index in [-0.39, 0.29) is 22.8 Å². The second-order valence-electron chi connectivity index (χ2n) is 5.43. The molecule has 2 amide bonds. The van der Waals surface area contributed by atoms with Gasteiger partial charge in [0.1, 0.15) is 5.75 Å². The molecule has 2 rings (SSSR count). The molecule has 1 unspecified atom stereocenters. The molecule has 138 valence electrons. The highest BCUT2D eigenvalue weighted by molar-refractivity contribution is 8.01. The molecular formula is C19H21ClN2O3S. The van der Waals surface area contributed by atoms with Gasteiger partial charge in [-0.25, -0.2) is 0 Å². The number of para-hydroxylation sites is 2. The van der Waals surface area contributed by atoms with Crippen molar-refractivity contribution in [1.82, 2.24) is 0 Å². The molecule has 0 spiro atoms. The summed E-state index contributed by atoms with van der Waals surface area (Å²) in [6, 6.07) is 14.1. The lowest BCUT2D eigenvalue weighted by Crippen LogP contribution is -2.25. The van der Waals surface area contributed by atoms with Crippen molar-refractivity contribution in [2.75, 3.05) is 23.0 Å². The number of hydrogen-bond donors (Lipinski definition) is 2. The number of amides is 2. The van der Waals surface area contributed by atoms with Gasteiger partial charge < -0.3 is 15.4 Å². The Balaban J connectivity index is 1.82. The standard InChI is InChI=1S/C19H21ClN2O3S/c1-3-25-17-7-5-4-6-16(17)22-18(23)12-26-13(2)19(24)21-15-10-8-14(20)9-11-15/h4-11,13H,3,12H2,1-2H3,(H,21,24)(H,22,23). The summed E-state index contributed by atoms with van der Waals surface area (Å²) in [5, 5.41) is 5.84. The number of halogens is 1. The molecule has 26 heavy (non-hydrogen) atoms. The van der Waals surface area contributed by atoms with Gasteiger partial charge >= 0.3 is 0 Å². The highest BCUT2D eigenvalue weighted by atomic mass is 35.5. The van der Waals surface area contributed by atoms with Crippen LogP contribution in [0.2, 0.25) is 5.02 Å². The first-order chi connectivity index (χ1) is 12.5. The van der Waals surface area contributed by atoms with Crippen molar-refractivity contribution in [3.05, 3.63) is 53.6 Å². The van der Waals surface area contributed by atoms with E-state index in [0.29, 0.717) is 28.8 Å². The maximum absolute atomic E-state index is 12.2. The minimum atomic E-state index is -0.376. The normalized spacial score (nSPS) is 11.5. The Morgan fingerprint density at radius 1 is 1.12 bits per heavy atom. The number of rotatable bonds is 8. The fourth-order valence-electron chi connectivity index (χ4n) is 2.09. The first-order valence-electron chi connectivity index (χ1n) is 8.19. The third-order valence-electron chi connectivity index (χ3n) is 3.41. The Bertz CT molecular complexity index is 753. The Hall–Kier alpha value is -2.18. The van der Waals surface area contributed by atoms with Gasteiger partial charge in [-0.15, -0.1) is 11.8 Å². The fraction of sp³-hybridized carbons (Fsp3) is 0.263. The highest BCUT2D eigenvalue weighted by Crippen LogP contribution is 2.24. The maximum atomic E-state index is 12.2. The van der Waals surface area contributed by atoms with Crippen LogP contribution in [-0.4, -0.2) is 29.4 Å². The number of nitrogens with one attached hydrogen (secondary N) is 2. The predicted octanol–water partition coefficient (Wildman–Crippen LogP) is 4.44. The quantitative estimate of drug-likeness (QED) is 0.697. The van der Waals surface area contributed by atoms with Gasteiger partial charge in [0, 0.05) is 10.7 Å². The second-order valence-corrected chi connectivity index (χ2v) is 7.19. The summed E-state index contributed by atoms with van der Waals surface area (Å²) < 4.78 is 5.48. The molecule has 2 N–H and O–H groups in total. The summed E-state index contributed by atoms with van der Waals surface area (Å²) >= 11 is 7.08. The summed E-state index contributed by atoms with van der Waals surface area (Å²) in [6.45, 7) is 4.16. The van der Waals surface area contributed by atoms with Gasteiger partial charge in [0.15, 0.2) is 0 Å². The van der Waals surface area contributed by atoms with E-state index in [1.165, 1.54) is 11.8 Å². The Morgan fingerprint density at radius 2 is 1.81 bits per heavy atom. The molecule has 0 aliphatic rings. The lowest BCUT2D eigenvalue weighted by molar-refractivity contribution is -0.115. The van der Waals surface area contributed by atoms with E-state index in [2.05, 4.69) is 10.6 Å². The van der Waals surface area contributed by atoms with Crippen molar-refractivity contribution in [2.45, 2.75) is 19.1 Å². The van der Waals surface area contributed by atoms with Crippen LogP contribution in [0.3, 0.4) is 0 Å². The molecule has 2 aromatic rings. The van der Waals surface area contributed by atoms with Crippen molar-refractivity contribution in [3.63, 3.8) is 0 Å².